The van der Waals surface area contributed by atoms with Crippen molar-refractivity contribution in [3.63, 3.8) is 0 Å². The largest absolute Gasteiger partial charge is 0.450 e. The number of rotatable bonds is 3. The van der Waals surface area contributed by atoms with Crippen LogP contribution in [0.3, 0.4) is 0 Å². The summed E-state index contributed by atoms with van der Waals surface area (Å²) in [6.07, 6.45) is 0. The van der Waals surface area contributed by atoms with E-state index < -0.39 is 22.8 Å². The molecule has 2 aliphatic rings. The lowest BCUT2D eigenvalue weighted by Crippen LogP contribution is -2.53. The Labute approximate surface area is 267 Å². The molecule has 0 bridgehead atoms. The number of nitrogens with zero attached hydrogens (tertiary/aromatic N) is 3. The minimum Gasteiger partial charge on any atom is -0.450 e. The first-order chi connectivity index (χ1) is 21.6. The highest BCUT2D eigenvalue weighted by atomic mass is 35.5. The van der Waals surface area contributed by atoms with Crippen molar-refractivity contribution < 1.29 is 14.0 Å². The lowest BCUT2D eigenvalue weighted by Gasteiger charge is -2.32. The number of para-hydroxylation sites is 1. The molecule has 2 amide bonds. The standard InChI is InChI=1S/C36H26ClN3O4S/c1-18-13-21(4)30-28(14-18)45-35(38-30)40-33(42)32-29(31(41)23-15-19(2)20(3)16-27(23)44-32)36(40)24-10-6-8-12-26(24)39(34(36)43)17-22-9-5-7-11-25(22)37/h5-16H,17H2,1-4H3. The molecule has 2 aromatic heterocycles. The summed E-state index contributed by atoms with van der Waals surface area (Å²) in [7, 11) is 0. The van der Waals surface area contributed by atoms with Crippen molar-refractivity contribution >= 4 is 66.8 Å². The molecule has 0 saturated heterocycles. The van der Waals surface area contributed by atoms with Gasteiger partial charge in [0.1, 0.15) is 5.58 Å². The predicted molar refractivity (Wildman–Crippen MR) is 178 cm³/mol. The number of hydrogen-bond donors (Lipinski definition) is 0. The minimum atomic E-state index is -1.84. The van der Waals surface area contributed by atoms with E-state index in [2.05, 4.69) is 0 Å². The van der Waals surface area contributed by atoms with Crippen molar-refractivity contribution in [2.24, 2.45) is 0 Å². The summed E-state index contributed by atoms with van der Waals surface area (Å²) in [4.78, 5) is 52.5. The van der Waals surface area contributed by atoms with Gasteiger partial charge in [-0.25, -0.2) is 4.98 Å². The third-order valence-electron chi connectivity index (χ3n) is 9.04. The number of aromatic nitrogens is 1. The fraction of sp³-hybridized carbons (Fsp3) is 0.167. The van der Waals surface area contributed by atoms with Crippen molar-refractivity contribution in [3.8, 4) is 0 Å². The SMILES string of the molecule is Cc1cc(C)c2nc(N3C(=O)c4oc5cc(C)c(C)cc5c(=O)c4C34C(=O)N(Cc3ccccc3Cl)c3ccccc34)sc2c1. The zero-order chi connectivity index (χ0) is 31.4. The van der Waals surface area contributed by atoms with Crippen LogP contribution in [-0.4, -0.2) is 16.8 Å². The highest BCUT2D eigenvalue weighted by molar-refractivity contribution is 7.22. The molecule has 9 heteroatoms. The zero-order valence-electron chi connectivity index (χ0n) is 24.9. The van der Waals surface area contributed by atoms with Crippen LogP contribution in [0.25, 0.3) is 21.2 Å². The Morgan fingerprint density at radius 3 is 2.42 bits per heavy atom. The van der Waals surface area contributed by atoms with Crippen LogP contribution in [0.5, 0.6) is 0 Å². The number of aryl methyl sites for hydroxylation is 4. The van der Waals surface area contributed by atoms with Gasteiger partial charge in [0.25, 0.3) is 11.8 Å². The van der Waals surface area contributed by atoms with E-state index in [0.29, 0.717) is 32.4 Å². The average Bonchev–Trinajstić information content (AvgIpc) is 3.62. The van der Waals surface area contributed by atoms with E-state index >= 15 is 4.79 Å². The molecule has 1 atom stereocenters. The molecule has 45 heavy (non-hydrogen) atoms. The van der Waals surface area contributed by atoms with Gasteiger partial charge in [0.2, 0.25) is 5.76 Å². The van der Waals surface area contributed by atoms with E-state index in [1.165, 1.54) is 16.2 Å². The molecule has 0 aliphatic carbocycles. The molecule has 0 N–H and O–H groups in total. The molecule has 4 aromatic carbocycles. The molecule has 0 saturated carbocycles. The number of anilines is 2. The van der Waals surface area contributed by atoms with Crippen molar-refractivity contribution in [2.75, 3.05) is 9.80 Å². The smallest absolute Gasteiger partial charge is 0.297 e. The quantitative estimate of drug-likeness (QED) is 0.199. The van der Waals surface area contributed by atoms with Crippen LogP contribution in [0, 0.1) is 27.7 Å². The van der Waals surface area contributed by atoms with Crippen molar-refractivity contribution in [2.45, 2.75) is 39.8 Å². The second kappa shape index (κ2) is 9.60. The maximum Gasteiger partial charge on any atom is 0.297 e. The molecule has 7 nitrogen and oxygen atoms in total. The summed E-state index contributed by atoms with van der Waals surface area (Å²) in [5, 5.41) is 1.14. The van der Waals surface area contributed by atoms with Crippen LogP contribution in [-0.2, 0) is 16.9 Å². The second-order valence-corrected chi connectivity index (χ2v) is 13.3. The first-order valence-corrected chi connectivity index (χ1v) is 15.8. The van der Waals surface area contributed by atoms with Gasteiger partial charge in [-0.15, -0.1) is 0 Å². The predicted octanol–water partition coefficient (Wildman–Crippen LogP) is 7.74. The van der Waals surface area contributed by atoms with E-state index in [4.69, 9.17) is 21.0 Å². The van der Waals surface area contributed by atoms with Crippen LogP contribution in [0.15, 0.2) is 82.0 Å². The van der Waals surface area contributed by atoms with Crippen LogP contribution in [0.2, 0.25) is 5.02 Å². The molecular weight excluding hydrogens is 606 g/mol. The number of fused-ring (bicyclic) bond motifs is 6. The second-order valence-electron chi connectivity index (χ2n) is 11.8. The maximum absolute atomic E-state index is 15.2. The molecule has 222 valence electrons. The number of carbonyl (C=O) groups excluding carboxylic acids is 2. The highest BCUT2D eigenvalue weighted by Gasteiger charge is 2.66. The summed E-state index contributed by atoms with van der Waals surface area (Å²) in [6.45, 7) is 7.96. The Balaban J connectivity index is 1.47. The molecule has 8 rings (SSSR count). The first kappa shape index (κ1) is 27.7. The van der Waals surface area contributed by atoms with Gasteiger partial charge < -0.3 is 9.32 Å². The summed E-state index contributed by atoms with van der Waals surface area (Å²) >= 11 is 7.89. The Hall–Kier alpha value is -4.79. The van der Waals surface area contributed by atoms with Crippen LogP contribution in [0.1, 0.15) is 49.5 Å². The molecule has 4 heterocycles. The fourth-order valence-electron chi connectivity index (χ4n) is 6.83. The van der Waals surface area contributed by atoms with Crippen LogP contribution in [0.4, 0.5) is 10.8 Å². The van der Waals surface area contributed by atoms with Gasteiger partial charge in [-0.3, -0.25) is 19.3 Å². The van der Waals surface area contributed by atoms with Gasteiger partial charge in [-0.05, 0) is 85.8 Å². The van der Waals surface area contributed by atoms with E-state index in [-0.39, 0.29) is 17.9 Å². The minimum absolute atomic E-state index is 0.00882. The number of benzene rings is 4. The molecule has 2 aliphatic heterocycles. The Morgan fingerprint density at radius 1 is 0.889 bits per heavy atom. The topological polar surface area (TPSA) is 83.7 Å². The lowest BCUT2D eigenvalue weighted by molar-refractivity contribution is -0.121. The Kier molecular flexibility index (Phi) is 5.92. The van der Waals surface area contributed by atoms with Crippen LogP contribution < -0.4 is 15.2 Å². The normalized spacial score (nSPS) is 17.3. The third-order valence-corrected chi connectivity index (χ3v) is 10.4. The van der Waals surface area contributed by atoms with Gasteiger partial charge in [0.15, 0.2) is 16.1 Å². The third kappa shape index (κ3) is 3.70. The summed E-state index contributed by atoms with van der Waals surface area (Å²) in [5.41, 5.74) is 4.46. The lowest BCUT2D eigenvalue weighted by atomic mass is 9.84. The molecule has 6 aromatic rings. The zero-order valence-corrected chi connectivity index (χ0v) is 26.5. The molecule has 0 fully saturated rings. The van der Waals surface area contributed by atoms with Gasteiger partial charge in [-0.2, -0.15) is 0 Å². The van der Waals surface area contributed by atoms with Gasteiger partial charge >= 0.3 is 0 Å². The Morgan fingerprint density at radius 2 is 1.62 bits per heavy atom. The number of amides is 2. The molecule has 1 unspecified atom stereocenters. The number of hydrogen-bond acceptors (Lipinski definition) is 6. The van der Waals surface area contributed by atoms with Gasteiger partial charge in [-0.1, -0.05) is 65.4 Å². The van der Waals surface area contributed by atoms with E-state index in [0.717, 1.165) is 38.0 Å². The number of thiazole rings is 1. The van der Waals surface area contributed by atoms with Crippen LogP contribution >= 0.6 is 22.9 Å². The van der Waals surface area contributed by atoms with Crippen molar-refractivity contribution in [1.82, 2.24) is 4.98 Å². The van der Waals surface area contributed by atoms with Crippen molar-refractivity contribution in [1.29, 1.82) is 0 Å². The molecule has 0 radical (unpaired) electrons. The average molecular weight is 632 g/mol. The highest BCUT2D eigenvalue weighted by Crippen LogP contribution is 2.55. The number of carbonyl (C=O) groups is 2. The monoisotopic (exact) mass is 631 g/mol. The maximum atomic E-state index is 15.2. The summed E-state index contributed by atoms with van der Waals surface area (Å²) in [5.74, 6) is -1.18. The van der Waals surface area contributed by atoms with Gasteiger partial charge in [0.05, 0.1) is 33.4 Å². The van der Waals surface area contributed by atoms with Crippen molar-refractivity contribution in [3.05, 3.63) is 133 Å². The molecular formula is C36H26ClN3O4S. The fourth-order valence-corrected chi connectivity index (χ4v) is 8.21. The first-order valence-electron chi connectivity index (χ1n) is 14.6. The van der Waals surface area contributed by atoms with E-state index in [1.54, 1.807) is 23.1 Å². The van der Waals surface area contributed by atoms with E-state index in [9.17, 15) is 9.59 Å². The summed E-state index contributed by atoms with van der Waals surface area (Å²) in [6, 6.07) is 22.2. The van der Waals surface area contributed by atoms with E-state index in [1.807, 2.05) is 82.3 Å². The summed E-state index contributed by atoms with van der Waals surface area (Å²) < 4.78 is 7.20. The Bertz CT molecular complexity index is 2360. The molecule has 1 spiro atoms. The van der Waals surface area contributed by atoms with Gasteiger partial charge in [0, 0.05) is 10.6 Å². The number of halogens is 1.